The molecule has 1 amide bonds. The highest BCUT2D eigenvalue weighted by atomic mass is 16.5. The van der Waals surface area contributed by atoms with Crippen LogP contribution in [-0.4, -0.2) is 27.2 Å². The number of para-hydroxylation sites is 1. The van der Waals surface area contributed by atoms with E-state index in [1.807, 2.05) is 54.6 Å². The highest BCUT2D eigenvalue weighted by Crippen LogP contribution is 2.21. The maximum absolute atomic E-state index is 13.1. The maximum Gasteiger partial charge on any atom is 0.277 e. The maximum atomic E-state index is 13.1. The summed E-state index contributed by atoms with van der Waals surface area (Å²) in [4.78, 5) is 19.5. The second kappa shape index (κ2) is 8.47. The van der Waals surface area contributed by atoms with Crippen LogP contribution >= 0.6 is 0 Å². The molecule has 0 N–H and O–H groups in total. The summed E-state index contributed by atoms with van der Waals surface area (Å²) in [5, 5.41) is 4.53. The first kappa shape index (κ1) is 19.2. The average molecular weight is 390 g/mol. The quantitative estimate of drug-likeness (QED) is 0.609. The molecule has 0 saturated heterocycles. The highest BCUT2D eigenvalue weighted by Gasteiger charge is 2.28. The molecule has 1 aliphatic heterocycles. The second-order valence-electron chi connectivity index (χ2n) is 7.72. The number of fused-ring (bicyclic) bond motifs is 1. The molecule has 0 fully saturated rings. The molecule has 2 aromatic heterocycles. The Balaban J connectivity index is 1.47. The summed E-state index contributed by atoms with van der Waals surface area (Å²) in [7, 11) is 0. The number of aryl methyl sites for hydroxylation is 1. The predicted octanol–water partition coefficient (Wildman–Crippen LogP) is 4.11. The van der Waals surface area contributed by atoms with E-state index >= 15 is 0 Å². The molecular weight excluding hydrogens is 364 g/mol. The minimum Gasteiger partial charge on any atom is -0.487 e. The Morgan fingerprint density at radius 1 is 1.03 bits per heavy atom. The fourth-order valence-electron chi connectivity index (χ4n) is 3.40. The van der Waals surface area contributed by atoms with E-state index in [9.17, 15) is 4.79 Å². The lowest BCUT2D eigenvalue weighted by Crippen LogP contribution is -2.41. The van der Waals surface area contributed by atoms with Gasteiger partial charge in [0.25, 0.3) is 5.91 Å². The number of benzene rings is 1. The lowest BCUT2D eigenvalue weighted by molar-refractivity contribution is 0.0961. The van der Waals surface area contributed by atoms with Gasteiger partial charge in [-0.05, 0) is 49.1 Å². The molecule has 3 aromatic rings. The second-order valence-corrected chi connectivity index (χ2v) is 7.72. The Hall–Kier alpha value is -3.15. The van der Waals surface area contributed by atoms with E-state index in [4.69, 9.17) is 9.72 Å². The molecule has 0 radical (unpaired) electrons. The Morgan fingerprint density at radius 2 is 1.86 bits per heavy atom. The molecule has 1 aromatic carbocycles. The molecule has 150 valence electrons. The number of hydrogen-bond donors (Lipinski definition) is 0. The van der Waals surface area contributed by atoms with Crippen LogP contribution in [0.5, 0.6) is 5.75 Å². The van der Waals surface area contributed by atoms with Gasteiger partial charge in [0.2, 0.25) is 0 Å². The van der Waals surface area contributed by atoms with Crippen LogP contribution < -0.4 is 9.64 Å². The first-order valence-electron chi connectivity index (χ1n) is 10.1. The molecule has 0 aliphatic carbocycles. The fraction of sp³-hybridized carbons (Fsp3) is 0.348. The number of nitrogens with zero attached hydrogens (tertiary/aromatic N) is 4. The van der Waals surface area contributed by atoms with Gasteiger partial charge < -0.3 is 4.74 Å². The van der Waals surface area contributed by atoms with Crippen molar-refractivity contribution in [2.75, 3.05) is 11.4 Å². The van der Waals surface area contributed by atoms with Gasteiger partial charge in [-0.3, -0.25) is 14.4 Å². The third-order valence-electron chi connectivity index (χ3n) is 5.01. The molecule has 3 heterocycles. The van der Waals surface area contributed by atoms with Crippen LogP contribution in [0.1, 0.15) is 42.1 Å². The Kier molecular flexibility index (Phi) is 5.60. The van der Waals surface area contributed by atoms with Crippen LogP contribution in [0.2, 0.25) is 0 Å². The molecule has 1 aliphatic rings. The normalized spacial score (nSPS) is 13.6. The van der Waals surface area contributed by atoms with Crippen LogP contribution in [0, 0.1) is 5.92 Å². The number of hydrogen-bond acceptors (Lipinski definition) is 4. The van der Waals surface area contributed by atoms with Gasteiger partial charge in [0.05, 0.1) is 6.54 Å². The van der Waals surface area contributed by atoms with E-state index < -0.39 is 0 Å². The van der Waals surface area contributed by atoms with Crippen molar-refractivity contribution in [3.63, 3.8) is 0 Å². The predicted molar refractivity (Wildman–Crippen MR) is 112 cm³/mol. The number of anilines is 1. The van der Waals surface area contributed by atoms with Gasteiger partial charge in [-0.1, -0.05) is 38.1 Å². The lowest BCUT2D eigenvalue weighted by Gasteiger charge is -2.26. The van der Waals surface area contributed by atoms with E-state index in [-0.39, 0.29) is 5.91 Å². The Labute approximate surface area is 171 Å². The average Bonchev–Trinajstić information content (AvgIpc) is 3.16. The molecule has 0 saturated carbocycles. The first-order valence-corrected chi connectivity index (χ1v) is 10.1. The Bertz CT molecular complexity index is 982. The summed E-state index contributed by atoms with van der Waals surface area (Å²) in [5.74, 6) is 2.06. The highest BCUT2D eigenvalue weighted by molar-refractivity contribution is 6.05. The van der Waals surface area contributed by atoms with Crippen molar-refractivity contribution in [2.24, 2.45) is 5.92 Å². The summed E-state index contributed by atoms with van der Waals surface area (Å²) >= 11 is 0. The number of aromatic nitrogens is 3. The Morgan fingerprint density at radius 3 is 2.66 bits per heavy atom. The third kappa shape index (κ3) is 4.47. The van der Waals surface area contributed by atoms with Crippen molar-refractivity contribution < 1.29 is 9.53 Å². The van der Waals surface area contributed by atoms with Gasteiger partial charge in [-0.2, -0.15) is 5.10 Å². The van der Waals surface area contributed by atoms with Crippen molar-refractivity contribution in [2.45, 2.75) is 39.8 Å². The number of pyridine rings is 1. The summed E-state index contributed by atoms with van der Waals surface area (Å²) in [6, 6.07) is 17.3. The zero-order chi connectivity index (χ0) is 20.2. The van der Waals surface area contributed by atoms with E-state index in [0.29, 0.717) is 37.1 Å². The topological polar surface area (TPSA) is 60.2 Å². The van der Waals surface area contributed by atoms with Crippen molar-refractivity contribution in [3.8, 4) is 5.75 Å². The first-order chi connectivity index (χ1) is 14.1. The molecule has 0 unspecified atom stereocenters. The van der Waals surface area contributed by atoms with Gasteiger partial charge in [0.1, 0.15) is 29.6 Å². The van der Waals surface area contributed by atoms with E-state index in [1.54, 1.807) is 9.58 Å². The van der Waals surface area contributed by atoms with E-state index in [2.05, 4.69) is 18.9 Å². The molecule has 29 heavy (non-hydrogen) atoms. The monoisotopic (exact) mass is 390 g/mol. The van der Waals surface area contributed by atoms with Crippen molar-refractivity contribution >= 4 is 11.7 Å². The standard InChI is InChI=1S/C23H26N4O2/c1-17(2)11-12-18-7-6-10-22(24-18)26-13-14-27-21(23(26)28)15-19(25-27)16-29-20-8-4-3-5-9-20/h3-10,15,17H,11-14,16H2,1-2H3. The van der Waals surface area contributed by atoms with Gasteiger partial charge in [0, 0.05) is 12.2 Å². The van der Waals surface area contributed by atoms with Crippen molar-refractivity contribution in [1.82, 2.24) is 14.8 Å². The minimum atomic E-state index is -0.0665. The van der Waals surface area contributed by atoms with Crippen LogP contribution in [-0.2, 0) is 19.6 Å². The fourth-order valence-corrected chi connectivity index (χ4v) is 3.40. The van der Waals surface area contributed by atoms with Crippen LogP contribution in [0.3, 0.4) is 0 Å². The van der Waals surface area contributed by atoms with Crippen LogP contribution in [0.15, 0.2) is 54.6 Å². The molecule has 6 nitrogen and oxygen atoms in total. The van der Waals surface area contributed by atoms with Gasteiger partial charge in [-0.25, -0.2) is 4.98 Å². The third-order valence-corrected chi connectivity index (χ3v) is 5.01. The summed E-state index contributed by atoms with van der Waals surface area (Å²) in [5.41, 5.74) is 2.36. The zero-order valence-corrected chi connectivity index (χ0v) is 16.9. The molecule has 0 spiro atoms. The SMILES string of the molecule is CC(C)CCc1cccc(N2CCn3nc(COc4ccccc4)cc3C2=O)n1. The molecule has 4 rings (SSSR count). The van der Waals surface area contributed by atoms with E-state index in [0.717, 1.165) is 30.0 Å². The van der Waals surface area contributed by atoms with Crippen molar-refractivity contribution in [1.29, 1.82) is 0 Å². The van der Waals surface area contributed by atoms with Crippen LogP contribution in [0.4, 0.5) is 5.82 Å². The number of carbonyl (C=O) groups is 1. The molecule has 0 bridgehead atoms. The molecule has 6 heteroatoms. The molecular formula is C23H26N4O2. The number of rotatable bonds is 7. The van der Waals surface area contributed by atoms with Gasteiger partial charge in [-0.15, -0.1) is 0 Å². The van der Waals surface area contributed by atoms with Gasteiger partial charge >= 0.3 is 0 Å². The smallest absolute Gasteiger partial charge is 0.277 e. The summed E-state index contributed by atoms with van der Waals surface area (Å²) in [6.45, 7) is 5.95. The number of carbonyl (C=O) groups excluding carboxylic acids is 1. The lowest BCUT2D eigenvalue weighted by atomic mass is 10.1. The van der Waals surface area contributed by atoms with Crippen molar-refractivity contribution in [3.05, 3.63) is 71.7 Å². The summed E-state index contributed by atoms with van der Waals surface area (Å²) in [6.07, 6.45) is 2.01. The van der Waals surface area contributed by atoms with Gasteiger partial charge in [0.15, 0.2) is 0 Å². The largest absolute Gasteiger partial charge is 0.487 e. The zero-order valence-electron chi connectivity index (χ0n) is 16.9. The number of ether oxygens (including phenoxy) is 1. The number of amides is 1. The summed E-state index contributed by atoms with van der Waals surface area (Å²) < 4.78 is 7.53. The van der Waals surface area contributed by atoms with E-state index in [1.165, 1.54) is 0 Å². The molecule has 0 atom stereocenters. The van der Waals surface area contributed by atoms with Crippen LogP contribution in [0.25, 0.3) is 0 Å². The minimum absolute atomic E-state index is 0.0665.